The molecule has 0 atom stereocenters. The smallest absolute Gasteiger partial charge is 0.308 e. The van der Waals surface area contributed by atoms with Crippen LogP contribution >= 0.6 is 0 Å². The van der Waals surface area contributed by atoms with E-state index in [0.717, 1.165) is 69.9 Å². The van der Waals surface area contributed by atoms with Crippen molar-refractivity contribution in [2.45, 2.75) is 25.7 Å². The highest BCUT2D eigenvalue weighted by Gasteiger charge is 2.27. The number of benzene rings is 4. The number of hydrogen-bond acceptors (Lipinski definition) is 4. The van der Waals surface area contributed by atoms with Crippen LogP contribution in [0.1, 0.15) is 25.7 Å². The molecule has 0 saturated heterocycles. The molecule has 1 aliphatic heterocycles. The minimum Gasteiger partial charge on any atom is -0.492 e. The second-order valence-electron chi connectivity index (χ2n) is 9.42. The van der Waals surface area contributed by atoms with E-state index in [0.29, 0.717) is 19.8 Å². The molecule has 1 aliphatic carbocycles. The molecule has 0 spiro atoms. The lowest BCUT2D eigenvalue weighted by Crippen LogP contribution is -2.27. The topological polar surface area (TPSA) is 44.8 Å². The number of carbonyl (C=O) groups excluding carboxylic acids is 1. The Morgan fingerprint density at radius 3 is 1.82 bits per heavy atom. The predicted octanol–water partition coefficient (Wildman–Crippen LogP) is 6.78. The van der Waals surface area contributed by atoms with Crippen LogP contribution in [0.2, 0.25) is 0 Å². The van der Waals surface area contributed by atoms with Crippen molar-refractivity contribution in [3.63, 3.8) is 0 Å². The summed E-state index contributed by atoms with van der Waals surface area (Å²) in [7, 11) is 0. The molecule has 4 aromatic rings. The van der Waals surface area contributed by atoms with E-state index >= 15 is 0 Å². The number of hydrogen-bond donors (Lipinski definition) is 0. The van der Waals surface area contributed by atoms with Crippen LogP contribution in [0.3, 0.4) is 0 Å². The van der Waals surface area contributed by atoms with Crippen LogP contribution in [0.5, 0.6) is 11.5 Å². The molecule has 4 heteroatoms. The lowest BCUT2D eigenvalue weighted by molar-refractivity contribution is -0.150. The predicted molar refractivity (Wildman–Crippen MR) is 134 cm³/mol. The van der Waals surface area contributed by atoms with Gasteiger partial charge in [0.25, 0.3) is 0 Å². The van der Waals surface area contributed by atoms with Crippen molar-refractivity contribution in [3.05, 3.63) is 72.8 Å². The molecule has 0 unspecified atom stereocenters. The van der Waals surface area contributed by atoms with Gasteiger partial charge in [-0.3, -0.25) is 4.79 Å². The summed E-state index contributed by atoms with van der Waals surface area (Å²) in [5.41, 5.74) is 2.10. The molecule has 2 aliphatic rings. The summed E-state index contributed by atoms with van der Waals surface area (Å²) in [6.07, 6.45) is 4.12. The molecule has 4 nitrogen and oxygen atoms in total. The molecule has 4 aromatic carbocycles. The van der Waals surface area contributed by atoms with Gasteiger partial charge in [-0.05, 0) is 46.5 Å². The number of carbonyl (C=O) groups is 1. The van der Waals surface area contributed by atoms with Gasteiger partial charge >= 0.3 is 5.97 Å². The van der Waals surface area contributed by atoms with Crippen LogP contribution in [0.4, 0.5) is 0 Å². The van der Waals surface area contributed by atoms with Gasteiger partial charge in [-0.15, -0.1) is 0 Å². The minimum atomic E-state index is -0.0739. The summed E-state index contributed by atoms with van der Waals surface area (Å²) in [6, 6.07) is 25.1. The Balaban J connectivity index is 1.41. The molecule has 0 amide bonds. The van der Waals surface area contributed by atoms with Gasteiger partial charge in [0.15, 0.2) is 0 Å². The summed E-state index contributed by atoms with van der Waals surface area (Å²) in [5, 5.41) is 4.58. The van der Waals surface area contributed by atoms with Crippen molar-refractivity contribution in [1.29, 1.82) is 0 Å². The quantitative estimate of drug-likeness (QED) is 0.321. The third-order valence-corrected chi connectivity index (χ3v) is 7.13. The largest absolute Gasteiger partial charge is 0.492 e. The standard InChI is InChI=1S/C30H28O4/c31-30(23-9-1-2-10-23)34-19-20-17-32-26-15-13-21-7-3-5-11-24(21)28(26)29-25-12-6-4-8-22(25)14-16-27(29)33-18-20/h3-8,11-16,20,23H,1-2,9-10,17-19H2. The molecule has 1 saturated carbocycles. The van der Waals surface area contributed by atoms with Gasteiger partial charge in [0, 0.05) is 11.1 Å². The van der Waals surface area contributed by atoms with Crippen LogP contribution < -0.4 is 9.47 Å². The maximum absolute atomic E-state index is 12.5. The van der Waals surface area contributed by atoms with Crippen molar-refractivity contribution in [2.75, 3.05) is 19.8 Å². The van der Waals surface area contributed by atoms with Crippen molar-refractivity contribution in [1.82, 2.24) is 0 Å². The highest BCUT2D eigenvalue weighted by Crippen LogP contribution is 2.46. The van der Waals surface area contributed by atoms with Gasteiger partial charge in [0.2, 0.25) is 0 Å². The van der Waals surface area contributed by atoms with Crippen molar-refractivity contribution in [3.8, 4) is 22.6 Å². The van der Waals surface area contributed by atoms with Crippen molar-refractivity contribution >= 4 is 27.5 Å². The summed E-state index contributed by atoms with van der Waals surface area (Å²) >= 11 is 0. The zero-order valence-corrected chi connectivity index (χ0v) is 19.2. The number of ether oxygens (including phenoxy) is 3. The Kier molecular flexibility index (Phi) is 5.58. The monoisotopic (exact) mass is 452 g/mol. The van der Waals surface area contributed by atoms with E-state index in [2.05, 4.69) is 72.8 Å². The Hall–Kier alpha value is -3.53. The lowest BCUT2D eigenvalue weighted by Gasteiger charge is -2.18. The summed E-state index contributed by atoms with van der Waals surface area (Å²) in [5.74, 6) is 1.58. The molecule has 0 aromatic heterocycles. The maximum Gasteiger partial charge on any atom is 0.308 e. The molecule has 34 heavy (non-hydrogen) atoms. The molecular weight excluding hydrogens is 424 g/mol. The fourth-order valence-corrected chi connectivity index (χ4v) is 5.30. The molecule has 0 N–H and O–H groups in total. The van der Waals surface area contributed by atoms with E-state index in [1.54, 1.807) is 0 Å². The van der Waals surface area contributed by atoms with E-state index in [-0.39, 0.29) is 17.8 Å². The third-order valence-electron chi connectivity index (χ3n) is 7.13. The molecule has 0 bridgehead atoms. The van der Waals surface area contributed by atoms with Crippen LogP contribution in [0.25, 0.3) is 32.7 Å². The average molecular weight is 453 g/mol. The fourth-order valence-electron chi connectivity index (χ4n) is 5.30. The first-order valence-corrected chi connectivity index (χ1v) is 12.2. The molecule has 172 valence electrons. The van der Waals surface area contributed by atoms with Crippen LogP contribution in [-0.2, 0) is 9.53 Å². The molecule has 1 fully saturated rings. The van der Waals surface area contributed by atoms with E-state index in [1.165, 1.54) is 0 Å². The summed E-state index contributed by atoms with van der Waals surface area (Å²) in [4.78, 5) is 12.5. The molecule has 0 radical (unpaired) electrons. The normalized spacial score (nSPS) is 16.6. The average Bonchev–Trinajstić information content (AvgIpc) is 3.44. The zero-order chi connectivity index (χ0) is 22.9. The van der Waals surface area contributed by atoms with Crippen LogP contribution in [0.15, 0.2) is 72.8 Å². The first-order chi connectivity index (χ1) is 16.8. The Morgan fingerprint density at radius 2 is 1.26 bits per heavy atom. The Bertz CT molecular complexity index is 1260. The molecule has 1 heterocycles. The van der Waals surface area contributed by atoms with Gasteiger partial charge in [-0.2, -0.15) is 0 Å². The highest BCUT2D eigenvalue weighted by molar-refractivity contribution is 6.09. The van der Waals surface area contributed by atoms with Crippen molar-refractivity contribution in [2.24, 2.45) is 11.8 Å². The summed E-state index contributed by atoms with van der Waals surface area (Å²) in [6.45, 7) is 1.16. The van der Waals surface area contributed by atoms with Crippen LogP contribution in [-0.4, -0.2) is 25.8 Å². The highest BCUT2D eigenvalue weighted by atomic mass is 16.5. The molecule has 6 rings (SSSR count). The van der Waals surface area contributed by atoms with Crippen molar-refractivity contribution < 1.29 is 19.0 Å². The van der Waals surface area contributed by atoms with E-state index in [1.807, 2.05) is 0 Å². The SMILES string of the molecule is O=C(OCC1COc2ccc3ccccc3c2-c2c(ccc3ccccc23)OC1)C1CCCC1. The van der Waals surface area contributed by atoms with E-state index in [9.17, 15) is 4.79 Å². The van der Waals surface area contributed by atoms with Gasteiger partial charge in [-0.1, -0.05) is 73.5 Å². The van der Waals surface area contributed by atoms with Gasteiger partial charge in [-0.25, -0.2) is 0 Å². The molecular formula is C30H28O4. The number of fused-ring (bicyclic) bond motifs is 7. The Labute approximate surface area is 199 Å². The maximum atomic E-state index is 12.5. The van der Waals surface area contributed by atoms with Gasteiger partial charge < -0.3 is 14.2 Å². The zero-order valence-electron chi connectivity index (χ0n) is 19.2. The third kappa shape index (κ3) is 3.87. The van der Waals surface area contributed by atoms with E-state index < -0.39 is 0 Å². The second kappa shape index (κ2) is 9.02. The van der Waals surface area contributed by atoms with Gasteiger partial charge in [0.05, 0.1) is 25.0 Å². The number of rotatable bonds is 3. The Morgan fingerprint density at radius 1 is 0.735 bits per heavy atom. The lowest BCUT2D eigenvalue weighted by atomic mass is 9.92. The van der Waals surface area contributed by atoms with E-state index in [4.69, 9.17) is 14.2 Å². The fraction of sp³-hybridized carbons (Fsp3) is 0.300. The second-order valence-corrected chi connectivity index (χ2v) is 9.42. The summed E-state index contributed by atoms with van der Waals surface area (Å²) < 4.78 is 18.6. The van der Waals surface area contributed by atoms with Gasteiger partial charge in [0.1, 0.15) is 18.1 Å². The number of esters is 1. The van der Waals surface area contributed by atoms with Crippen LogP contribution in [0, 0.1) is 11.8 Å². The first-order valence-electron chi connectivity index (χ1n) is 12.2. The minimum absolute atomic E-state index is 0.0531. The first kappa shape index (κ1) is 21.0.